The predicted molar refractivity (Wildman–Crippen MR) is 64.0 cm³/mol. The first kappa shape index (κ1) is 10.8. The van der Waals surface area contributed by atoms with Crippen LogP contribution in [0.3, 0.4) is 0 Å². The molecule has 2 nitrogen and oxygen atoms in total. The van der Waals surface area contributed by atoms with E-state index in [0.29, 0.717) is 11.6 Å². The summed E-state index contributed by atoms with van der Waals surface area (Å²) in [5.74, 6) is 1.02. The largest absolute Gasteiger partial charge is 0.323 e. The number of hydrogen-bond donors (Lipinski definition) is 1. The molecule has 2 bridgehead atoms. The molecular formula is C14H16FNO. The molecule has 0 radical (unpaired) electrons. The molecule has 3 rings (SSSR count). The lowest BCUT2D eigenvalue weighted by atomic mass is 9.88. The van der Waals surface area contributed by atoms with E-state index in [1.165, 1.54) is 25.3 Å². The monoisotopic (exact) mass is 233 g/mol. The number of halogens is 1. The molecule has 0 aliphatic heterocycles. The summed E-state index contributed by atoms with van der Waals surface area (Å²) in [6.45, 7) is 0. The van der Waals surface area contributed by atoms with Gasteiger partial charge in [-0.1, -0.05) is 18.6 Å². The molecule has 1 aromatic carbocycles. The molecule has 3 heteroatoms. The number of benzene rings is 1. The van der Waals surface area contributed by atoms with Gasteiger partial charge in [-0.15, -0.1) is 0 Å². The van der Waals surface area contributed by atoms with Gasteiger partial charge in [-0.2, -0.15) is 0 Å². The molecule has 1 amide bonds. The van der Waals surface area contributed by atoms with Crippen LogP contribution in [0.1, 0.15) is 25.7 Å². The SMILES string of the molecule is O=C(Nc1ccccc1F)[C@@H]1C[C@H]2CC[C@@H]1C2. The van der Waals surface area contributed by atoms with E-state index in [-0.39, 0.29) is 17.6 Å². The van der Waals surface area contributed by atoms with Gasteiger partial charge in [0.1, 0.15) is 5.82 Å². The fourth-order valence-corrected chi connectivity index (χ4v) is 3.35. The number of carbonyl (C=O) groups excluding carboxylic acids is 1. The molecule has 2 aliphatic rings. The van der Waals surface area contributed by atoms with E-state index in [9.17, 15) is 9.18 Å². The van der Waals surface area contributed by atoms with Gasteiger partial charge < -0.3 is 5.32 Å². The maximum Gasteiger partial charge on any atom is 0.227 e. The fourth-order valence-electron chi connectivity index (χ4n) is 3.35. The van der Waals surface area contributed by atoms with Crippen LogP contribution in [0.4, 0.5) is 10.1 Å². The first-order valence-corrected chi connectivity index (χ1v) is 6.29. The van der Waals surface area contributed by atoms with Crippen LogP contribution in [0, 0.1) is 23.6 Å². The fraction of sp³-hybridized carbons (Fsp3) is 0.500. The highest BCUT2D eigenvalue weighted by molar-refractivity contribution is 5.93. The van der Waals surface area contributed by atoms with E-state index in [1.54, 1.807) is 18.2 Å². The Hall–Kier alpha value is -1.38. The number of carbonyl (C=O) groups is 1. The van der Waals surface area contributed by atoms with Crippen molar-refractivity contribution >= 4 is 11.6 Å². The topological polar surface area (TPSA) is 29.1 Å². The highest BCUT2D eigenvalue weighted by Gasteiger charge is 2.43. The summed E-state index contributed by atoms with van der Waals surface area (Å²) in [4.78, 5) is 12.1. The number of amides is 1. The minimum Gasteiger partial charge on any atom is -0.323 e. The second-order valence-electron chi connectivity index (χ2n) is 5.25. The maximum absolute atomic E-state index is 13.4. The van der Waals surface area contributed by atoms with Gasteiger partial charge in [-0.05, 0) is 43.2 Å². The Kier molecular flexibility index (Phi) is 2.61. The third-order valence-electron chi connectivity index (χ3n) is 4.21. The molecule has 1 N–H and O–H groups in total. The van der Waals surface area contributed by atoms with Gasteiger partial charge in [-0.3, -0.25) is 4.79 Å². The molecule has 2 saturated carbocycles. The smallest absolute Gasteiger partial charge is 0.227 e. The second-order valence-corrected chi connectivity index (χ2v) is 5.25. The van der Waals surface area contributed by atoms with Crippen LogP contribution in [0.25, 0.3) is 0 Å². The molecular weight excluding hydrogens is 217 g/mol. The van der Waals surface area contributed by atoms with Crippen LogP contribution in [-0.4, -0.2) is 5.91 Å². The van der Waals surface area contributed by atoms with Gasteiger partial charge in [0.15, 0.2) is 0 Å². The molecule has 17 heavy (non-hydrogen) atoms. The zero-order valence-electron chi connectivity index (χ0n) is 9.66. The van der Waals surface area contributed by atoms with E-state index in [1.807, 2.05) is 0 Å². The van der Waals surface area contributed by atoms with Gasteiger partial charge in [-0.25, -0.2) is 4.39 Å². The molecule has 2 aliphatic carbocycles. The summed E-state index contributed by atoms with van der Waals surface area (Å²) >= 11 is 0. The Morgan fingerprint density at radius 2 is 2.06 bits per heavy atom. The first-order chi connectivity index (χ1) is 8.24. The maximum atomic E-state index is 13.4. The lowest BCUT2D eigenvalue weighted by Crippen LogP contribution is -2.27. The van der Waals surface area contributed by atoms with Crippen LogP contribution < -0.4 is 5.32 Å². The van der Waals surface area contributed by atoms with E-state index in [4.69, 9.17) is 0 Å². The van der Waals surface area contributed by atoms with Gasteiger partial charge in [0.05, 0.1) is 5.69 Å². The summed E-state index contributed by atoms with van der Waals surface area (Å²) in [6, 6.07) is 6.35. The summed E-state index contributed by atoms with van der Waals surface area (Å²) in [7, 11) is 0. The van der Waals surface area contributed by atoms with E-state index in [0.717, 1.165) is 12.3 Å². The lowest BCUT2D eigenvalue weighted by molar-refractivity contribution is -0.121. The number of fused-ring (bicyclic) bond motifs is 2. The van der Waals surface area contributed by atoms with E-state index < -0.39 is 0 Å². The Balaban J connectivity index is 1.70. The molecule has 2 fully saturated rings. The Bertz CT molecular complexity index is 446. The summed E-state index contributed by atoms with van der Waals surface area (Å²) in [5.41, 5.74) is 0.306. The zero-order chi connectivity index (χ0) is 11.8. The van der Waals surface area contributed by atoms with Gasteiger partial charge >= 0.3 is 0 Å². The number of para-hydroxylation sites is 1. The zero-order valence-corrected chi connectivity index (χ0v) is 9.66. The van der Waals surface area contributed by atoms with Gasteiger partial charge in [0.2, 0.25) is 5.91 Å². The van der Waals surface area contributed by atoms with Crippen molar-refractivity contribution in [3.05, 3.63) is 30.1 Å². The van der Waals surface area contributed by atoms with Crippen molar-refractivity contribution in [3.63, 3.8) is 0 Å². The average Bonchev–Trinajstić information content (AvgIpc) is 2.94. The Labute approximate surface area is 100 Å². The first-order valence-electron chi connectivity index (χ1n) is 6.29. The Morgan fingerprint density at radius 3 is 2.71 bits per heavy atom. The van der Waals surface area contributed by atoms with Crippen molar-refractivity contribution in [2.45, 2.75) is 25.7 Å². The molecule has 0 aromatic heterocycles. The normalized spacial score (nSPS) is 30.5. The standard InChI is InChI=1S/C14H16FNO/c15-12-3-1-2-4-13(12)16-14(17)11-8-9-5-6-10(11)7-9/h1-4,9-11H,5-8H2,(H,16,17)/t9-,10+,11+/m0/s1. The average molecular weight is 233 g/mol. The third-order valence-corrected chi connectivity index (χ3v) is 4.21. The highest BCUT2D eigenvalue weighted by Crippen LogP contribution is 2.48. The summed E-state index contributed by atoms with van der Waals surface area (Å²) in [5, 5.41) is 2.72. The summed E-state index contributed by atoms with van der Waals surface area (Å²) in [6.07, 6.45) is 4.62. The Morgan fingerprint density at radius 1 is 1.24 bits per heavy atom. The van der Waals surface area contributed by atoms with Crippen molar-refractivity contribution in [2.24, 2.45) is 17.8 Å². The van der Waals surface area contributed by atoms with Gasteiger partial charge in [0, 0.05) is 5.92 Å². The van der Waals surface area contributed by atoms with Gasteiger partial charge in [0.25, 0.3) is 0 Å². The molecule has 0 saturated heterocycles. The quantitative estimate of drug-likeness (QED) is 0.835. The molecule has 0 spiro atoms. The number of rotatable bonds is 2. The number of anilines is 1. The van der Waals surface area contributed by atoms with Crippen LogP contribution in [0.15, 0.2) is 24.3 Å². The molecule has 0 unspecified atom stereocenters. The summed E-state index contributed by atoms with van der Waals surface area (Å²) < 4.78 is 13.4. The predicted octanol–water partition coefficient (Wildman–Crippen LogP) is 3.20. The number of nitrogens with one attached hydrogen (secondary N) is 1. The van der Waals surface area contributed by atoms with Crippen molar-refractivity contribution in [1.82, 2.24) is 0 Å². The molecule has 0 heterocycles. The third kappa shape index (κ3) is 1.94. The minimum atomic E-state index is -0.357. The highest BCUT2D eigenvalue weighted by atomic mass is 19.1. The van der Waals surface area contributed by atoms with Crippen molar-refractivity contribution < 1.29 is 9.18 Å². The van der Waals surface area contributed by atoms with E-state index >= 15 is 0 Å². The lowest BCUT2D eigenvalue weighted by Gasteiger charge is -2.20. The van der Waals surface area contributed by atoms with E-state index in [2.05, 4.69) is 5.32 Å². The van der Waals surface area contributed by atoms with Crippen LogP contribution in [0.5, 0.6) is 0 Å². The number of hydrogen-bond acceptors (Lipinski definition) is 1. The van der Waals surface area contributed by atoms with Crippen LogP contribution in [-0.2, 0) is 4.79 Å². The van der Waals surface area contributed by atoms with Crippen LogP contribution in [0.2, 0.25) is 0 Å². The molecule has 90 valence electrons. The second kappa shape index (κ2) is 4.13. The molecule has 3 atom stereocenters. The van der Waals surface area contributed by atoms with Crippen LogP contribution >= 0.6 is 0 Å². The van der Waals surface area contributed by atoms with Crippen molar-refractivity contribution in [3.8, 4) is 0 Å². The van der Waals surface area contributed by atoms with Crippen molar-refractivity contribution in [1.29, 1.82) is 0 Å². The molecule has 1 aromatic rings. The minimum absolute atomic E-state index is 0.00213. The van der Waals surface area contributed by atoms with Crippen molar-refractivity contribution in [2.75, 3.05) is 5.32 Å².